The van der Waals surface area contributed by atoms with Crippen LogP contribution in [0.1, 0.15) is 5.56 Å². The fraction of sp³-hybridized carbons (Fsp3) is 0.333. The molecule has 2 N–H and O–H groups in total. The Morgan fingerprint density at radius 1 is 1.44 bits per heavy atom. The molecule has 0 heterocycles. The van der Waals surface area contributed by atoms with Gasteiger partial charge in [-0.15, -0.1) is 6.58 Å². The molecule has 1 rings (SSSR count). The van der Waals surface area contributed by atoms with Crippen LogP contribution in [0.2, 0.25) is 0 Å². The van der Waals surface area contributed by atoms with Gasteiger partial charge in [0, 0.05) is 29.7 Å². The molecule has 0 atom stereocenters. The smallest absolute Gasteiger partial charge is 0.120 e. The quantitative estimate of drug-likeness (QED) is 0.787. The van der Waals surface area contributed by atoms with E-state index in [1.54, 1.807) is 18.2 Å². The van der Waals surface area contributed by atoms with Gasteiger partial charge in [0.1, 0.15) is 5.75 Å². The number of hydrogen-bond donors (Lipinski definition) is 2. The Morgan fingerprint density at radius 3 is 2.81 bits per heavy atom. The summed E-state index contributed by atoms with van der Waals surface area (Å²) in [7, 11) is 0. The summed E-state index contributed by atoms with van der Waals surface area (Å²) in [4.78, 5) is 2.01. The average Bonchev–Trinajstić information content (AvgIpc) is 2.24. The van der Waals surface area contributed by atoms with E-state index in [1.807, 2.05) is 11.0 Å². The predicted molar refractivity (Wildman–Crippen MR) is 68.4 cm³/mol. The van der Waals surface area contributed by atoms with Crippen molar-refractivity contribution in [2.45, 2.75) is 6.54 Å². The van der Waals surface area contributed by atoms with Gasteiger partial charge in [0.2, 0.25) is 0 Å². The molecule has 0 saturated carbocycles. The fourth-order valence-electron chi connectivity index (χ4n) is 1.48. The minimum atomic E-state index is 0.0998. The number of benzene rings is 1. The summed E-state index contributed by atoms with van der Waals surface area (Å²) in [5, 5.41) is 18.6. The van der Waals surface area contributed by atoms with Gasteiger partial charge in [-0.05, 0) is 18.2 Å². The van der Waals surface area contributed by atoms with Gasteiger partial charge in [0.05, 0.1) is 6.61 Å². The van der Waals surface area contributed by atoms with E-state index in [0.717, 1.165) is 10.0 Å². The summed E-state index contributed by atoms with van der Waals surface area (Å²) in [6, 6.07) is 5.33. The van der Waals surface area contributed by atoms with E-state index in [-0.39, 0.29) is 12.4 Å². The van der Waals surface area contributed by atoms with Crippen molar-refractivity contribution in [2.75, 3.05) is 19.7 Å². The van der Waals surface area contributed by atoms with Gasteiger partial charge in [-0.25, -0.2) is 0 Å². The van der Waals surface area contributed by atoms with Crippen molar-refractivity contribution < 1.29 is 10.2 Å². The maximum Gasteiger partial charge on any atom is 0.120 e. The number of hydrogen-bond acceptors (Lipinski definition) is 3. The van der Waals surface area contributed by atoms with Crippen LogP contribution in [-0.4, -0.2) is 34.8 Å². The van der Waals surface area contributed by atoms with E-state index in [2.05, 4.69) is 22.5 Å². The molecule has 88 valence electrons. The van der Waals surface area contributed by atoms with E-state index < -0.39 is 0 Å². The number of phenols is 1. The molecule has 16 heavy (non-hydrogen) atoms. The number of aliphatic hydroxyl groups excluding tert-OH is 1. The molecule has 0 saturated heterocycles. The lowest BCUT2D eigenvalue weighted by Crippen LogP contribution is -2.26. The van der Waals surface area contributed by atoms with Crippen molar-refractivity contribution in [3.8, 4) is 5.75 Å². The zero-order valence-electron chi connectivity index (χ0n) is 9.06. The highest BCUT2D eigenvalue weighted by Crippen LogP contribution is 2.23. The summed E-state index contributed by atoms with van der Waals surface area (Å²) < 4.78 is 0.933. The standard InChI is InChI=1S/C12H16BrNO2/c1-2-5-14(6-7-15)9-10-8-11(13)3-4-12(10)16/h2-4,8,15-16H,1,5-7,9H2. The van der Waals surface area contributed by atoms with E-state index >= 15 is 0 Å². The number of nitrogens with zero attached hydrogens (tertiary/aromatic N) is 1. The van der Waals surface area contributed by atoms with Crippen LogP contribution in [0.3, 0.4) is 0 Å². The van der Waals surface area contributed by atoms with Gasteiger partial charge in [-0.3, -0.25) is 4.90 Å². The zero-order chi connectivity index (χ0) is 12.0. The van der Waals surface area contributed by atoms with Crippen LogP contribution in [-0.2, 0) is 6.54 Å². The highest BCUT2D eigenvalue weighted by atomic mass is 79.9. The summed E-state index contributed by atoms with van der Waals surface area (Å²) in [6.45, 7) is 5.62. The first-order valence-corrected chi connectivity index (χ1v) is 5.88. The second kappa shape index (κ2) is 6.68. The largest absolute Gasteiger partial charge is 0.508 e. The van der Waals surface area contributed by atoms with E-state index in [0.29, 0.717) is 19.6 Å². The van der Waals surface area contributed by atoms with Crippen LogP contribution in [0, 0.1) is 0 Å². The number of halogens is 1. The molecule has 0 aliphatic heterocycles. The first-order chi connectivity index (χ1) is 7.67. The summed E-state index contributed by atoms with van der Waals surface area (Å²) in [5.41, 5.74) is 0.838. The molecule has 0 aliphatic rings. The maximum absolute atomic E-state index is 9.68. The number of phenolic OH excluding ortho intramolecular Hbond substituents is 1. The van der Waals surface area contributed by atoms with E-state index in [1.165, 1.54) is 0 Å². The van der Waals surface area contributed by atoms with Crippen molar-refractivity contribution in [2.24, 2.45) is 0 Å². The number of aliphatic hydroxyl groups is 1. The molecule has 0 unspecified atom stereocenters. The first-order valence-electron chi connectivity index (χ1n) is 5.09. The minimum Gasteiger partial charge on any atom is -0.508 e. The lowest BCUT2D eigenvalue weighted by atomic mass is 10.2. The zero-order valence-corrected chi connectivity index (χ0v) is 10.7. The Kier molecular flexibility index (Phi) is 5.52. The average molecular weight is 286 g/mol. The molecule has 0 fully saturated rings. The molecule has 1 aromatic rings. The van der Waals surface area contributed by atoms with Crippen LogP contribution in [0.5, 0.6) is 5.75 Å². The van der Waals surface area contributed by atoms with Crippen LogP contribution in [0.4, 0.5) is 0 Å². The molecular weight excluding hydrogens is 270 g/mol. The normalized spacial score (nSPS) is 10.7. The maximum atomic E-state index is 9.68. The second-order valence-corrected chi connectivity index (χ2v) is 4.44. The van der Waals surface area contributed by atoms with Crippen molar-refractivity contribution in [1.29, 1.82) is 0 Å². The van der Waals surface area contributed by atoms with Crippen LogP contribution in [0.15, 0.2) is 35.3 Å². The first kappa shape index (κ1) is 13.2. The van der Waals surface area contributed by atoms with Crippen molar-refractivity contribution >= 4 is 15.9 Å². The molecule has 0 spiro atoms. The summed E-state index contributed by atoms with van der Waals surface area (Å²) >= 11 is 3.37. The molecule has 0 radical (unpaired) electrons. The molecule has 0 bridgehead atoms. The Labute approximate surface area is 104 Å². The van der Waals surface area contributed by atoms with Crippen molar-refractivity contribution in [1.82, 2.24) is 4.90 Å². The van der Waals surface area contributed by atoms with Crippen LogP contribution >= 0.6 is 15.9 Å². The fourth-order valence-corrected chi connectivity index (χ4v) is 1.89. The SMILES string of the molecule is C=CCN(CCO)Cc1cc(Br)ccc1O. The van der Waals surface area contributed by atoms with Crippen LogP contribution in [0.25, 0.3) is 0 Å². The van der Waals surface area contributed by atoms with Gasteiger partial charge >= 0.3 is 0 Å². The molecule has 1 aromatic carbocycles. The highest BCUT2D eigenvalue weighted by Gasteiger charge is 2.07. The van der Waals surface area contributed by atoms with Crippen LogP contribution < -0.4 is 0 Å². The van der Waals surface area contributed by atoms with E-state index in [9.17, 15) is 5.11 Å². The molecule has 0 aromatic heterocycles. The van der Waals surface area contributed by atoms with Gasteiger partial charge < -0.3 is 10.2 Å². The number of rotatable bonds is 6. The Balaban J connectivity index is 2.75. The minimum absolute atomic E-state index is 0.0998. The lowest BCUT2D eigenvalue weighted by molar-refractivity contribution is 0.202. The topological polar surface area (TPSA) is 43.7 Å². The lowest BCUT2D eigenvalue weighted by Gasteiger charge is -2.20. The monoisotopic (exact) mass is 285 g/mol. The van der Waals surface area contributed by atoms with Gasteiger partial charge in [0.15, 0.2) is 0 Å². The predicted octanol–water partition coefficient (Wildman–Crippen LogP) is 2.14. The highest BCUT2D eigenvalue weighted by molar-refractivity contribution is 9.10. The molecule has 3 nitrogen and oxygen atoms in total. The second-order valence-electron chi connectivity index (χ2n) is 3.52. The molecule has 0 amide bonds. The molecule has 4 heteroatoms. The Bertz CT molecular complexity index is 355. The third-order valence-electron chi connectivity index (χ3n) is 2.24. The third kappa shape index (κ3) is 3.96. The Morgan fingerprint density at radius 2 is 2.19 bits per heavy atom. The third-order valence-corrected chi connectivity index (χ3v) is 2.73. The number of aromatic hydroxyl groups is 1. The van der Waals surface area contributed by atoms with E-state index in [4.69, 9.17) is 5.11 Å². The van der Waals surface area contributed by atoms with Crippen molar-refractivity contribution in [3.05, 3.63) is 40.9 Å². The van der Waals surface area contributed by atoms with Crippen molar-refractivity contribution in [3.63, 3.8) is 0 Å². The molecule has 0 aliphatic carbocycles. The van der Waals surface area contributed by atoms with Gasteiger partial charge in [-0.1, -0.05) is 22.0 Å². The Hall–Kier alpha value is -0.840. The van der Waals surface area contributed by atoms with Gasteiger partial charge in [0.25, 0.3) is 0 Å². The van der Waals surface area contributed by atoms with Gasteiger partial charge in [-0.2, -0.15) is 0 Å². The summed E-state index contributed by atoms with van der Waals surface area (Å²) in [6.07, 6.45) is 1.78. The molecular formula is C12H16BrNO2. The summed E-state index contributed by atoms with van der Waals surface area (Å²) in [5.74, 6) is 0.273.